The first-order valence-corrected chi connectivity index (χ1v) is 7.74. The van der Waals surface area contributed by atoms with Gasteiger partial charge in [0, 0.05) is 6.20 Å². The summed E-state index contributed by atoms with van der Waals surface area (Å²) in [6, 6.07) is 3.18. The highest BCUT2D eigenvalue weighted by molar-refractivity contribution is 5.98. The van der Waals surface area contributed by atoms with Gasteiger partial charge in [0.2, 0.25) is 5.91 Å². The number of nitrogens with two attached hydrogens (primary N) is 1. The Morgan fingerprint density at radius 2 is 1.84 bits per heavy atom. The second kappa shape index (κ2) is 10.0. The maximum atomic E-state index is 12.2. The van der Waals surface area contributed by atoms with Gasteiger partial charge in [0.1, 0.15) is 11.7 Å². The molecule has 0 unspecified atom stereocenters. The Kier molecular flexibility index (Phi) is 8.04. The van der Waals surface area contributed by atoms with Crippen LogP contribution in [0.4, 0.5) is 0 Å². The first-order chi connectivity index (χ1) is 11.9. The van der Waals surface area contributed by atoms with E-state index in [1.54, 1.807) is 26.0 Å². The van der Waals surface area contributed by atoms with Gasteiger partial charge < -0.3 is 20.5 Å². The molecule has 1 heterocycles. The van der Waals surface area contributed by atoms with E-state index in [2.05, 4.69) is 10.3 Å². The van der Waals surface area contributed by atoms with E-state index in [-0.39, 0.29) is 18.9 Å². The SMILES string of the molecule is CCOC(=O)C[C@H](C(=O)OCC)[C@H](NC(=O)c1ccccn1)C(N)=O. The Hall–Kier alpha value is -2.97. The van der Waals surface area contributed by atoms with Crippen LogP contribution >= 0.6 is 0 Å². The molecule has 3 N–H and O–H groups in total. The Labute approximate surface area is 144 Å². The van der Waals surface area contributed by atoms with Gasteiger partial charge in [-0.1, -0.05) is 6.07 Å². The molecule has 0 aliphatic heterocycles. The summed E-state index contributed by atoms with van der Waals surface area (Å²) in [6.07, 6.45) is 0.943. The van der Waals surface area contributed by atoms with Crippen molar-refractivity contribution in [1.82, 2.24) is 10.3 Å². The summed E-state index contributed by atoms with van der Waals surface area (Å²) in [5, 5.41) is 2.34. The van der Waals surface area contributed by atoms with E-state index in [1.807, 2.05) is 0 Å². The number of esters is 2. The number of primary amides is 1. The van der Waals surface area contributed by atoms with E-state index in [1.165, 1.54) is 12.3 Å². The van der Waals surface area contributed by atoms with E-state index in [0.717, 1.165) is 0 Å². The summed E-state index contributed by atoms with van der Waals surface area (Å²) >= 11 is 0. The molecule has 1 aromatic heterocycles. The number of carbonyl (C=O) groups excluding carboxylic acids is 4. The van der Waals surface area contributed by atoms with Crippen molar-refractivity contribution in [3.05, 3.63) is 30.1 Å². The summed E-state index contributed by atoms with van der Waals surface area (Å²) in [4.78, 5) is 51.7. The average molecular weight is 351 g/mol. The van der Waals surface area contributed by atoms with Crippen molar-refractivity contribution in [1.29, 1.82) is 0 Å². The zero-order chi connectivity index (χ0) is 18.8. The van der Waals surface area contributed by atoms with Crippen LogP contribution in [0.1, 0.15) is 30.8 Å². The number of nitrogens with one attached hydrogen (secondary N) is 1. The van der Waals surface area contributed by atoms with Crippen LogP contribution in [0.5, 0.6) is 0 Å². The van der Waals surface area contributed by atoms with Crippen LogP contribution in [0.2, 0.25) is 0 Å². The number of carbonyl (C=O) groups is 4. The monoisotopic (exact) mass is 351 g/mol. The second-order valence-corrected chi connectivity index (χ2v) is 4.94. The minimum absolute atomic E-state index is 0.0347. The normalized spacial score (nSPS) is 12.6. The van der Waals surface area contributed by atoms with Crippen molar-refractivity contribution in [3.63, 3.8) is 0 Å². The Morgan fingerprint density at radius 1 is 1.16 bits per heavy atom. The quantitative estimate of drug-likeness (QED) is 0.587. The van der Waals surface area contributed by atoms with Crippen LogP contribution < -0.4 is 11.1 Å². The molecule has 0 bridgehead atoms. The smallest absolute Gasteiger partial charge is 0.312 e. The second-order valence-electron chi connectivity index (χ2n) is 4.94. The summed E-state index contributed by atoms with van der Waals surface area (Å²) in [5.41, 5.74) is 5.35. The molecule has 136 valence electrons. The van der Waals surface area contributed by atoms with Crippen molar-refractivity contribution >= 4 is 23.8 Å². The van der Waals surface area contributed by atoms with Crippen LogP contribution in [-0.2, 0) is 23.9 Å². The van der Waals surface area contributed by atoms with Crippen molar-refractivity contribution in [2.24, 2.45) is 11.7 Å². The third kappa shape index (κ3) is 6.21. The summed E-state index contributed by atoms with van der Waals surface area (Å²) in [5.74, 6) is -4.53. The van der Waals surface area contributed by atoms with E-state index < -0.39 is 42.1 Å². The molecular weight excluding hydrogens is 330 g/mol. The van der Waals surface area contributed by atoms with Gasteiger partial charge in [0.05, 0.1) is 25.6 Å². The lowest BCUT2D eigenvalue weighted by Gasteiger charge is -2.23. The lowest BCUT2D eigenvalue weighted by atomic mass is 9.95. The number of pyridine rings is 1. The molecule has 0 aliphatic rings. The molecule has 0 spiro atoms. The van der Waals surface area contributed by atoms with E-state index in [4.69, 9.17) is 15.2 Å². The molecule has 0 aromatic carbocycles. The van der Waals surface area contributed by atoms with E-state index in [9.17, 15) is 19.2 Å². The van der Waals surface area contributed by atoms with Gasteiger partial charge in [-0.2, -0.15) is 0 Å². The van der Waals surface area contributed by atoms with Crippen molar-refractivity contribution < 1.29 is 28.7 Å². The minimum Gasteiger partial charge on any atom is -0.466 e. The molecule has 9 nitrogen and oxygen atoms in total. The summed E-state index contributed by atoms with van der Waals surface area (Å²) in [7, 11) is 0. The predicted octanol–water partition coefficient (Wildman–Crippen LogP) is -0.202. The molecule has 2 atom stereocenters. The molecule has 1 rings (SSSR count). The molecule has 0 saturated heterocycles. The van der Waals surface area contributed by atoms with Gasteiger partial charge >= 0.3 is 11.9 Å². The number of nitrogens with zero attached hydrogens (tertiary/aromatic N) is 1. The maximum Gasteiger partial charge on any atom is 0.312 e. The Balaban J connectivity index is 3.01. The van der Waals surface area contributed by atoms with Gasteiger partial charge in [0.25, 0.3) is 5.91 Å². The van der Waals surface area contributed by atoms with E-state index in [0.29, 0.717) is 0 Å². The molecular formula is C16H21N3O6. The Morgan fingerprint density at radius 3 is 2.36 bits per heavy atom. The number of hydrogen-bond acceptors (Lipinski definition) is 7. The molecule has 25 heavy (non-hydrogen) atoms. The minimum atomic E-state index is -1.45. The number of hydrogen-bond donors (Lipinski definition) is 2. The van der Waals surface area contributed by atoms with Gasteiger partial charge in [0.15, 0.2) is 0 Å². The van der Waals surface area contributed by atoms with Crippen molar-refractivity contribution in [2.45, 2.75) is 26.3 Å². The van der Waals surface area contributed by atoms with Crippen molar-refractivity contribution in [3.8, 4) is 0 Å². The fourth-order valence-electron chi connectivity index (χ4n) is 2.07. The molecule has 0 fully saturated rings. The van der Waals surface area contributed by atoms with E-state index >= 15 is 0 Å². The predicted molar refractivity (Wildman–Crippen MR) is 86.1 cm³/mol. The highest BCUT2D eigenvalue weighted by atomic mass is 16.5. The molecule has 9 heteroatoms. The van der Waals surface area contributed by atoms with Crippen LogP contribution in [-0.4, -0.2) is 48.0 Å². The first-order valence-electron chi connectivity index (χ1n) is 7.74. The Bertz CT molecular complexity index is 620. The third-order valence-corrected chi connectivity index (χ3v) is 3.17. The molecule has 0 aliphatic carbocycles. The number of rotatable bonds is 9. The standard InChI is InChI=1S/C16H21N3O6/c1-3-24-12(20)9-10(16(23)25-4-2)13(14(17)21)19-15(22)11-7-5-6-8-18-11/h5-8,10,13H,3-4,9H2,1-2H3,(H2,17,21)(H,19,22)/t10-,13-/m0/s1. The van der Waals surface area contributed by atoms with Gasteiger partial charge in [-0.25, -0.2) is 0 Å². The summed E-state index contributed by atoms with van der Waals surface area (Å²) in [6.45, 7) is 3.32. The zero-order valence-electron chi connectivity index (χ0n) is 14.1. The van der Waals surface area contributed by atoms with Gasteiger partial charge in [-0.15, -0.1) is 0 Å². The van der Waals surface area contributed by atoms with Crippen LogP contribution in [0, 0.1) is 5.92 Å². The lowest BCUT2D eigenvalue weighted by Crippen LogP contribution is -2.52. The molecule has 1 aromatic rings. The summed E-state index contributed by atoms with van der Waals surface area (Å²) < 4.78 is 9.68. The number of aromatic nitrogens is 1. The zero-order valence-corrected chi connectivity index (χ0v) is 14.1. The van der Waals surface area contributed by atoms with Gasteiger partial charge in [-0.05, 0) is 26.0 Å². The highest BCUT2D eigenvalue weighted by Crippen LogP contribution is 2.14. The largest absolute Gasteiger partial charge is 0.466 e. The molecule has 2 amide bonds. The first kappa shape index (κ1) is 20.1. The third-order valence-electron chi connectivity index (χ3n) is 3.17. The van der Waals surface area contributed by atoms with Crippen LogP contribution in [0.3, 0.4) is 0 Å². The topological polar surface area (TPSA) is 138 Å². The fourth-order valence-corrected chi connectivity index (χ4v) is 2.07. The number of ether oxygens (including phenoxy) is 2. The molecule has 0 saturated carbocycles. The van der Waals surface area contributed by atoms with Crippen LogP contribution in [0.25, 0.3) is 0 Å². The van der Waals surface area contributed by atoms with Gasteiger partial charge in [-0.3, -0.25) is 24.2 Å². The van der Waals surface area contributed by atoms with Crippen molar-refractivity contribution in [2.75, 3.05) is 13.2 Å². The number of amides is 2. The fraction of sp³-hybridized carbons (Fsp3) is 0.438. The average Bonchev–Trinajstić information content (AvgIpc) is 2.58. The lowest BCUT2D eigenvalue weighted by molar-refractivity contribution is -0.156. The maximum absolute atomic E-state index is 12.2. The molecule has 0 radical (unpaired) electrons. The highest BCUT2D eigenvalue weighted by Gasteiger charge is 2.37. The van der Waals surface area contributed by atoms with Crippen LogP contribution in [0.15, 0.2) is 24.4 Å².